The Morgan fingerprint density at radius 1 is 1.03 bits per heavy atom. The third-order valence-electron chi connectivity index (χ3n) is 7.04. The number of ether oxygens (including phenoxy) is 1. The number of aliphatic carboxylic acids is 1. The number of carboxylic acid groups (broad SMARTS) is 1. The van der Waals surface area contributed by atoms with Crippen molar-refractivity contribution in [3.63, 3.8) is 0 Å². The Morgan fingerprint density at radius 3 is 2.42 bits per heavy atom. The third kappa shape index (κ3) is 6.18. The average molecular weight is 511 g/mol. The van der Waals surface area contributed by atoms with Gasteiger partial charge in [-0.3, -0.25) is 4.79 Å². The van der Waals surface area contributed by atoms with Crippen molar-refractivity contribution in [3.05, 3.63) is 83.9 Å². The quantitative estimate of drug-likeness (QED) is 0.396. The van der Waals surface area contributed by atoms with Gasteiger partial charge >= 0.3 is 12.1 Å². The molecule has 192 valence electrons. The number of amides is 1. The van der Waals surface area contributed by atoms with Crippen LogP contribution in [0.4, 0.5) is 4.79 Å². The molecule has 1 aliphatic heterocycles. The number of benzene rings is 3. The van der Waals surface area contributed by atoms with Gasteiger partial charge in [-0.25, -0.2) is 4.79 Å². The molecule has 0 unspecified atom stereocenters. The van der Waals surface area contributed by atoms with Crippen molar-refractivity contribution in [2.75, 3.05) is 26.2 Å². The molecule has 0 spiro atoms. The SMILES string of the molecule is C[C@@H](NC[C@H]1CN(C(=O)OCC(C)(C)C(=O)O)C[C@@H]1c1ccccc1)c1cccc2ccccc12.Cl. The molecular formula is C29H35ClN2O4. The number of likely N-dealkylation sites (tertiary alicyclic amines) is 1. The highest BCUT2D eigenvalue weighted by Crippen LogP contribution is 2.34. The molecule has 1 aliphatic rings. The van der Waals surface area contributed by atoms with E-state index in [-0.39, 0.29) is 36.9 Å². The predicted molar refractivity (Wildman–Crippen MR) is 145 cm³/mol. The highest BCUT2D eigenvalue weighted by atomic mass is 35.5. The molecule has 2 N–H and O–H groups in total. The van der Waals surface area contributed by atoms with Gasteiger partial charge in [0.05, 0.1) is 5.41 Å². The van der Waals surface area contributed by atoms with Gasteiger partial charge in [-0.15, -0.1) is 12.4 Å². The topological polar surface area (TPSA) is 78.9 Å². The Morgan fingerprint density at radius 2 is 1.69 bits per heavy atom. The standard InChI is InChI=1S/C29H34N2O4.ClH/c1-20(24-15-9-13-21-12-7-8-14-25(21)24)30-16-23-17-31(18-26(23)22-10-5-4-6-11-22)28(34)35-19-29(2,3)27(32)33;/h4-15,20,23,26,30H,16-19H2,1-3H3,(H,32,33);1H/t20-,23+,26-;/m1./s1. The number of carbonyl (C=O) groups is 2. The number of nitrogens with one attached hydrogen (secondary N) is 1. The zero-order chi connectivity index (χ0) is 25.0. The molecule has 36 heavy (non-hydrogen) atoms. The molecule has 0 bridgehead atoms. The first-order valence-electron chi connectivity index (χ1n) is 12.2. The lowest BCUT2D eigenvalue weighted by Crippen LogP contribution is -2.36. The molecule has 1 amide bonds. The van der Waals surface area contributed by atoms with Crippen LogP contribution in [-0.2, 0) is 9.53 Å². The van der Waals surface area contributed by atoms with Crippen LogP contribution >= 0.6 is 12.4 Å². The Balaban J connectivity index is 0.00000361. The molecule has 1 fully saturated rings. The number of halogens is 1. The smallest absolute Gasteiger partial charge is 0.409 e. The second kappa shape index (κ2) is 11.8. The van der Waals surface area contributed by atoms with Crippen molar-refractivity contribution in [1.29, 1.82) is 0 Å². The number of rotatable bonds is 8. The highest BCUT2D eigenvalue weighted by molar-refractivity contribution is 5.86. The summed E-state index contributed by atoms with van der Waals surface area (Å²) in [6.45, 7) is 6.98. The van der Waals surface area contributed by atoms with E-state index < -0.39 is 17.5 Å². The van der Waals surface area contributed by atoms with Crippen LogP contribution in [0.3, 0.4) is 0 Å². The maximum absolute atomic E-state index is 12.8. The molecule has 0 saturated carbocycles. The summed E-state index contributed by atoms with van der Waals surface area (Å²) in [7, 11) is 0. The Labute approximate surface area is 219 Å². The molecule has 3 atom stereocenters. The zero-order valence-corrected chi connectivity index (χ0v) is 21.8. The van der Waals surface area contributed by atoms with E-state index in [4.69, 9.17) is 4.74 Å². The predicted octanol–water partition coefficient (Wildman–Crippen LogP) is 5.88. The second-order valence-corrected chi connectivity index (χ2v) is 10.1. The van der Waals surface area contributed by atoms with Crippen LogP contribution in [0.15, 0.2) is 72.8 Å². The number of nitrogens with zero attached hydrogens (tertiary/aromatic N) is 1. The van der Waals surface area contributed by atoms with Crippen molar-refractivity contribution in [1.82, 2.24) is 10.2 Å². The van der Waals surface area contributed by atoms with Gasteiger partial charge in [0, 0.05) is 31.6 Å². The Kier molecular flexibility index (Phi) is 8.98. The molecule has 3 aromatic rings. The lowest BCUT2D eigenvalue weighted by molar-refractivity contribution is -0.149. The molecular weight excluding hydrogens is 476 g/mol. The van der Waals surface area contributed by atoms with Gasteiger partial charge in [0.25, 0.3) is 0 Å². The normalized spacial score (nSPS) is 18.5. The summed E-state index contributed by atoms with van der Waals surface area (Å²) >= 11 is 0. The molecule has 0 radical (unpaired) electrons. The first-order valence-corrected chi connectivity index (χ1v) is 12.2. The fourth-order valence-corrected chi connectivity index (χ4v) is 4.77. The fourth-order valence-electron chi connectivity index (χ4n) is 4.77. The van der Waals surface area contributed by atoms with Gasteiger partial charge < -0.3 is 20.1 Å². The minimum Gasteiger partial charge on any atom is -0.481 e. The van der Waals surface area contributed by atoms with Crippen LogP contribution in [0.5, 0.6) is 0 Å². The van der Waals surface area contributed by atoms with Crippen LogP contribution in [0, 0.1) is 11.3 Å². The Bertz CT molecular complexity index is 1180. The van der Waals surface area contributed by atoms with Crippen molar-refractivity contribution in [3.8, 4) is 0 Å². The molecule has 1 saturated heterocycles. The van der Waals surface area contributed by atoms with Gasteiger partial charge in [-0.05, 0) is 48.6 Å². The largest absolute Gasteiger partial charge is 0.481 e. The van der Waals surface area contributed by atoms with Crippen LogP contribution in [0.1, 0.15) is 43.9 Å². The summed E-state index contributed by atoms with van der Waals surface area (Å²) in [4.78, 5) is 25.9. The van der Waals surface area contributed by atoms with Crippen LogP contribution < -0.4 is 5.32 Å². The second-order valence-electron chi connectivity index (χ2n) is 10.1. The molecule has 4 rings (SSSR count). The summed E-state index contributed by atoms with van der Waals surface area (Å²) < 4.78 is 5.41. The van der Waals surface area contributed by atoms with E-state index in [1.807, 2.05) is 18.2 Å². The average Bonchev–Trinajstić information content (AvgIpc) is 3.30. The van der Waals surface area contributed by atoms with E-state index in [0.29, 0.717) is 13.1 Å². The van der Waals surface area contributed by atoms with E-state index >= 15 is 0 Å². The zero-order valence-electron chi connectivity index (χ0n) is 21.0. The van der Waals surface area contributed by atoms with Crippen molar-refractivity contribution in [2.24, 2.45) is 11.3 Å². The summed E-state index contributed by atoms with van der Waals surface area (Å²) in [5, 5.41) is 15.5. The van der Waals surface area contributed by atoms with E-state index in [1.54, 1.807) is 18.7 Å². The number of carboxylic acids is 1. The molecule has 3 aromatic carbocycles. The van der Waals surface area contributed by atoms with Gasteiger partial charge in [0.1, 0.15) is 6.61 Å². The maximum atomic E-state index is 12.8. The number of fused-ring (bicyclic) bond motifs is 1. The number of hydrogen-bond acceptors (Lipinski definition) is 4. The highest BCUT2D eigenvalue weighted by Gasteiger charge is 2.38. The minimum atomic E-state index is -1.12. The van der Waals surface area contributed by atoms with Crippen molar-refractivity contribution in [2.45, 2.75) is 32.7 Å². The van der Waals surface area contributed by atoms with E-state index in [0.717, 1.165) is 6.54 Å². The molecule has 1 heterocycles. The summed E-state index contributed by atoms with van der Waals surface area (Å²) in [5.74, 6) is -0.614. The van der Waals surface area contributed by atoms with Crippen molar-refractivity contribution < 1.29 is 19.4 Å². The van der Waals surface area contributed by atoms with E-state index in [9.17, 15) is 14.7 Å². The monoisotopic (exact) mass is 510 g/mol. The van der Waals surface area contributed by atoms with Gasteiger partial charge in [-0.2, -0.15) is 0 Å². The summed E-state index contributed by atoms with van der Waals surface area (Å²) in [5.41, 5.74) is 1.33. The van der Waals surface area contributed by atoms with Crippen molar-refractivity contribution >= 4 is 35.2 Å². The van der Waals surface area contributed by atoms with E-state index in [1.165, 1.54) is 21.9 Å². The fraction of sp³-hybridized carbons (Fsp3) is 0.379. The van der Waals surface area contributed by atoms with Gasteiger partial charge in [0.15, 0.2) is 0 Å². The van der Waals surface area contributed by atoms with Crippen LogP contribution in [0.2, 0.25) is 0 Å². The lowest BCUT2D eigenvalue weighted by atomic mass is 9.88. The summed E-state index contributed by atoms with van der Waals surface area (Å²) in [6.07, 6.45) is -0.454. The number of hydrogen-bond donors (Lipinski definition) is 2. The van der Waals surface area contributed by atoms with Gasteiger partial charge in [-0.1, -0.05) is 72.8 Å². The van der Waals surface area contributed by atoms with E-state index in [2.05, 4.69) is 66.8 Å². The first kappa shape index (κ1) is 27.5. The molecule has 7 heteroatoms. The maximum Gasteiger partial charge on any atom is 0.409 e. The lowest BCUT2D eigenvalue weighted by Gasteiger charge is -2.23. The van der Waals surface area contributed by atoms with Crippen LogP contribution in [-0.4, -0.2) is 48.3 Å². The minimum absolute atomic E-state index is 0. The van der Waals surface area contributed by atoms with Crippen LogP contribution in [0.25, 0.3) is 10.8 Å². The molecule has 0 aliphatic carbocycles. The third-order valence-corrected chi connectivity index (χ3v) is 7.04. The summed E-state index contributed by atoms with van der Waals surface area (Å²) in [6, 6.07) is 25.2. The number of carbonyl (C=O) groups excluding carboxylic acids is 1. The molecule has 6 nitrogen and oxygen atoms in total. The van der Waals surface area contributed by atoms with Gasteiger partial charge in [0.2, 0.25) is 0 Å². The Hall–Kier alpha value is -3.09. The molecule has 0 aromatic heterocycles. The first-order chi connectivity index (χ1) is 16.8.